The summed E-state index contributed by atoms with van der Waals surface area (Å²) in [6.07, 6.45) is 2.52. The normalized spacial score (nSPS) is 10.2. The Morgan fingerprint density at radius 1 is 1.31 bits per heavy atom. The van der Waals surface area contributed by atoms with Crippen molar-refractivity contribution in [3.05, 3.63) is 35.6 Å². The van der Waals surface area contributed by atoms with Crippen molar-refractivity contribution < 1.29 is 9.13 Å². The van der Waals surface area contributed by atoms with Crippen LogP contribution in [0.2, 0.25) is 5.28 Å². The lowest BCUT2D eigenvalue weighted by atomic mass is 10.2. The molecule has 2 aromatic heterocycles. The summed E-state index contributed by atoms with van der Waals surface area (Å²) in [4.78, 5) is 11.3. The van der Waals surface area contributed by atoms with Gasteiger partial charge in [-0.25, -0.2) is 14.4 Å². The lowest BCUT2D eigenvalue weighted by Crippen LogP contribution is -1.97. The molecule has 6 heteroatoms. The van der Waals surface area contributed by atoms with Crippen molar-refractivity contribution in [3.63, 3.8) is 0 Å². The van der Waals surface area contributed by atoms with E-state index in [0.29, 0.717) is 11.4 Å². The summed E-state index contributed by atoms with van der Waals surface area (Å²) in [5, 5.41) is -0.0379. The van der Waals surface area contributed by atoms with E-state index in [-0.39, 0.29) is 11.0 Å². The summed E-state index contributed by atoms with van der Waals surface area (Å²) >= 11 is 5.60. The van der Waals surface area contributed by atoms with Crippen molar-refractivity contribution in [2.75, 3.05) is 7.11 Å². The third kappa shape index (κ3) is 1.94. The molecule has 0 aliphatic rings. The fourth-order valence-corrected chi connectivity index (χ4v) is 1.38. The highest BCUT2D eigenvalue weighted by Crippen LogP contribution is 2.27. The zero-order valence-corrected chi connectivity index (χ0v) is 9.07. The van der Waals surface area contributed by atoms with Crippen LogP contribution in [0.15, 0.2) is 24.5 Å². The van der Waals surface area contributed by atoms with Gasteiger partial charge in [0, 0.05) is 6.20 Å². The highest BCUT2D eigenvalue weighted by Gasteiger charge is 2.14. The quantitative estimate of drug-likeness (QED) is 0.755. The molecule has 82 valence electrons. The second-order valence-electron chi connectivity index (χ2n) is 2.89. The minimum absolute atomic E-state index is 0.0254. The predicted molar refractivity (Wildman–Crippen MR) is 56.8 cm³/mol. The van der Waals surface area contributed by atoms with Crippen LogP contribution in [-0.4, -0.2) is 22.1 Å². The molecule has 0 aliphatic heterocycles. The maximum Gasteiger partial charge on any atom is 0.223 e. The van der Waals surface area contributed by atoms with Crippen LogP contribution in [0.1, 0.15) is 0 Å². The molecule has 0 amide bonds. The van der Waals surface area contributed by atoms with E-state index in [0.717, 1.165) is 6.20 Å². The second-order valence-corrected chi connectivity index (χ2v) is 3.23. The maximum atomic E-state index is 13.5. The van der Waals surface area contributed by atoms with Crippen molar-refractivity contribution in [2.24, 2.45) is 0 Å². The van der Waals surface area contributed by atoms with Gasteiger partial charge in [-0.05, 0) is 23.7 Å². The molecule has 0 aliphatic carbocycles. The Balaban J connectivity index is 2.62. The van der Waals surface area contributed by atoms with Crippen LogP contribution < -0.4 is 4.74 Å². The van der Waals surface area contributed by atoms with Gasteiger partial charge in [0.05, 0.1) is 13.3 Å². The maximum absolute atomic E-state index is 13.5. The lowest BCUT2D eigenvalue weighted by molar-refractivity contribution is 0.414. The number of nitrogens with zero attached hydrogens (tertiary/aromatic N) is 3. The summed E-state index contributed by atoms with van der Waals surface area (Å²) in [5.74, 6) is -0.169. The average Bonchev–Trinajstić information content (AvgIpc) is 2.32. The van der Waals surface area contributed by atoms with Gasteiger partial charge in [0.25, 0.3) is 0 Å². The second kappa shape index (κ2) is 4.40. The Labute approximate surface area is 96.1 Å². The zero-order valence-electron chi connectivity index (χ0n) is 8.32. The molecular weight excluding hydrogens is 233 g/mol. The highest BCUT2D eigenvalue weighted by molar-refractivity contribution is 6.28. The summed E-state index contributed by atoms with van der Waals surface area (Å²) in [6.45, 7) is 0. The molecule has 2 rings (SSSR count). The standard InChI is InChI=1S/C10H7ClFN3O/c1-16-7-3-2-4-13-9(7)8-6(12)5-14-10(11)15-8/h2-5H,1H3. The molecule has 0 spiro atoms. The van der Waals surface area contributed by atoms with Crippen molar-refractivity contribution in [1.82, 2.24) is 15.0 Å². The number of hydrogen-bond acceptors (Lipinski definition) is 4. The molecule has 0 saturated heterocycles. The fourth-order valence-electron chi connectivity index (χ4n) is 1.24. The molecule has 0 bridgehead atoms. The molecule has 2 heterocycles. The fraction of sp³-hybridized carbons (Fsp3) is 0.100. The monoisotopic (exact) mass is 239 g/mol. The van der Waals surface area contributed by atoms with Crippen LogP contribution in [0.5, 0.6) is 5.75 Å². The Morgan fingerprint density at radius 3 is 2.88 bits per heavy atom. The minimum atomic E-state index is -0.596. The SMILES string of the molecule is COc1cccnc1-c1nc(Cl)ncc1F. The summed E-state index contributed by atoms with van der Waals surface area (Å²) in [7, 11) is 1.47. The number of methoxy groups -OCH3 is 1. The number of halogens is 2. The van der Waals surface area contributed by atoms with Crippen molar-refractivity contribution in [2.45, 2.75) is 0 Å². The van der Waals surface area contributed by atoms with Crippen molar-refractivity contribution in [1.29, 1.82) is 0 Å². The van der Waals surface area contributed by atoms with Crippen LogP contribution in [0, 0.1) is 5.82 Å². The molecule has 0 unspecified atom stereocenters. The lowest BCUT2D eigenvalue weighted by Gasteiger charge is -2.06. The van der Waals surface area contributed by atoms with E-state index in [1.165, 1.54) is 13.3 Å². The van der Waals surface area contributed by atoms with Crippen molar-refractivity contribution in [3.8, 4) is 17.1 Å². The van der Waals surface area contributed by atoms with Gasteiger partial charge in [0.2, 0.25) is 5.28 Å². The number of pyridine rings is 1. The third-order valence-electron chi connectivity index (χ3n) is 1.93. The average molecular weight is 240 g/mol. The Bertz CT molecular complexity index is 521. The largest absolute Gasteiger partial charge is 0.494 e. The molecule has 0 N–H and O–H groups in total. The smallest absolute Gasteiger partial charge is 0.223 e. The molecule has 0 aromatic carbocycles. The number of aromatic nitrogens is 3. The van der Waals surface area contributed by atoms with Gasteiger partial charge in [-0.3, -0.25) is 4.98 Å². The number of hydrogen-bond donors (Lipinski definition) is 0. The first-order valence-electron chi connectivity index (χ1n) is 4.40. The summed E-state index contributed by atoms with van der Waals surface area (Å²) in [5.41, 5.74) is 0.323. The van der Waals surface area contributed by atoms with Gasteiger partial charge in [0.15, 0.2) is 5.82 Å². The summed E-state index contributed by atoms with van der Waals surface area (Å²) < 4.78 is 18.6. The van der Waals surface area contributed by atoms with Gasteiger partial charge in [-0.2, -0.15) is 0 Å². The first kappa shape index (κ1) is 10.8. The van der Waals surface area contributed by atoms with Gasteiger partial charge >= 0.3 is 0 Å². The van der Waals surface area contributed by atoms with Crippen LogP contribution >= 0.6 is 11.6 Å². The van der Waals surface area contributed by atoms with Gasteiger partial charge in [0.1, 0.15) is 17.1 Å². The molecule has 0 fully saturated rings. The van der Waals surface area contributed by atoms with E-state index in [2.05, 4.69) is 15.0 Å². The van der Waals surface area contributed by atoms with E-state index < -0.39 is 5.82 Å². The predicted octanol–water partition coefficient (Wildman–Crippen LogP) is 2.34. The Hall–Kier alpha value is -1.75. The van der Waals surface area contributed by atoms with E-state index in [1.807, 2.05) is 0 Å². The first-order valence-corrected chi connectivity index (χ1v) is 4.77. The first-order chi connectivity index (χ1) is 7.72. The van der Waals surface area contributed by atoms with Crippen LogP contribution in [0.4, 0.5) is 4.39 Å². The van der Waals surface area contributed by atoms with Crippen LogP contribution in [-0.2, 0) is 0 Å². The molecular formula is C10H7ClFN3O. The third-order valence-corrected chi connectivity index (χ3v) is 2.11. The van der Waals surface area contributed by atoms with Crippen LogP contribution in [0.25, 0.3) is 11.4 Å². The molecule has 0 saturated carbocycles. The molecule has 16 heavy (non-hydrogen) atoms. The van der Waals surface area contributed by atoms with E-state index >= 15 is 0 Å². The van der Waals surface area contributed by atoms with Crippen molar-refractivity contribution >= 4 is 11.6 Å². The molecule has 2 aromatic rings. The molecule has 0 atom stereocenters. The highest BCUT2D eigenvalue weighted by atomic mass is 35.5. The van der Waals surface area contributed by atoms with Gasteiger partial charge in [-0.15, -0.1) is 0 Å². The van der Waals surface area contributed by atoms with Gasteiger partial charge in [-0.1, -0.05) is 0 Å². The Kier molecular flexibility index (Phi) is 2.96. The molecule has 0 radical (unpaired) electrons. The zero-order chi connectivity index (χ0) is 11.5. The molecule has 4 nitrogen and oxygen atoms in total. The minimum Gasteiger partial charge on any atom is -0.494 e. The van der Waals surface area contributed by atoms with Gasteiger partial charge < -0.3 is 4.74 Å². The Morgan fingerprint density at radius 2 is 2.12 bits per heavy atom. The van der Waals surface area contributed by atoms with E-state index in [9.17, 15) is 4.39 Å². The van der Waals surface area contributed by atoms with Crippen LogP contribution in [0.3, 0.4) is 0 Å². The van der Waals surface area contributed by atoms with E-state index in [4.69, 9.17) is 16.3 Å². The number of rotatable bonds is 2. The number of ether oxygens (including phenoxy) is 1. The summed E-state index contributed by atoms with van der Waals surface area (Å²) in [6, 6.07) is 3.35. The topological polar surface area (TPSA) is 47.9 Å². The van der Waals surface area contributed by atoms with E-state index in [1.54, 1.807) is 12.1 Å².